The number of alkyl halides is 4. The molecule has 1 aromatic carbocycles. The molecular weight excluding hydrogens is 486 g/mol. The summed E-state index contributed by atoms with van der Waals surface area (Å²) in [5.74, 6) is -1.10. The van der Waals surface area contributed by atoms with Crippen LogP contribution in [0, 0.1) is 0 Å². The Bertz CT molecular complexity index is 1300. The van der Waals surface area contributed by atoms with Crippen LogP contribution in [0.25, 0.3) is 22.6 Å². The lowest BCUT2D eigenvalue weighted by molar-refractivity contribution is -0.127. The number of nitrogens with one attached hydrogen (secondary N) is 3. The second-order valence-corrected chi connectivity index (χ2v) is 8.01. The van der Waals surface area contributed by atoms with E-state index in [-0.39, 0.29) is 52.7 Å². The first-order valence-corrected chi connectivity index (χ1v) is 10.9. The third-order valence-electron chi connectivity index (χ3n) is 5.46. The van der Waals surface area contributed by atoms with Crippen LogP contribution in [-0.4, -0.2) is 60.8 Å². The third-order valence-corrected chi connectivity index (χ3v) is 5.46. The van der Waals surface area contributed by atoms with Gasteiger partial charge >= 0.3 is 6.18 Å². The van der Waals surface area contributed by atoms with E-state index in [1.54, 1.807) is 12.1 Å². The number of hydrogen-bond donors (Lipinski definition) is 4. The number of nitrogens with zero attached hydrogens (tertiary/aromatic N) is 3. The number of nitrogens with two attached hydrogens (primary N) is 1. The number of amides is 1. The summed E-state index contributed by atoms with van der Waals surface area (Å²) in [6.45, 7) is 0.312. The fourth-order valence-corrected chi connectivity index (χ4v) is 3.82. The standard InChI is InChI=1S/C22H23F4N7O3/c1-28-7-11(6-27)21(34)30-10-17-32-20(33-36-17)19-13(5-22(24,25)26)12-3-2-4-15(18(12)35-19)31-16-9-29-8-14(16)23/h2-4,6-7,14,16,29,31H,5,8-10,27H2,1H3,(H,30,34)/b11-6+,28-7?. The minimum Gasteiger partial charge on any atom is -0.450 e. The van der Waals surface area contributed by atoms with Gasteiger partial charge in [-0.1, -0.05) is 17.3 Å². The van der Waals surface area contributed by atoms with E-state index in [1.165, 1.54) is 19.3 Å². The second-order valence-electron chi connectivity index (χ2n) is 8.01. The van der Waals surface area contributed by atoms with Gasteiger partial charge in [0.2, 0.25) is 11.7 Å². The van der Waals surface area contributed by atoms with Crippen LogP contribution in [0.5, 0.6) is 0 Å². The highest BCUT2D eigenvalue weighted by Gasteiger charge is 2.34. The molecule has 1 amide bonds. The summed E-state index contributed by atoms with van der Waals surface area (Å²) in [6, 6.07) is 4.06. The summed E-state index contributed by atoms with van der Waals surface area (Å²) in [4.78, 5) is 19.9. The molecule has 5 N–H and O–H groups in total. The van der Waals surface area contributed by atoms with E-state index in [0.29, 0.717) is 12.2 Å². The fourth-order valence-electron chi connectivity index (χ4n) is 3.82. The summed E-state index contributed by atoms with van der Waals surface area (Å²) in [6.07, 6.45) is -4.71. The molecule has 2 aromatic heterocycles. The maximum Gasteiger partial charge on any atom is 0.393 e. The maximum atomic E-state index is 14.1. The lowest BCUT2D eigenvalue weighted by Crippen LogP contribution is -2.29. The Kier molecular flexibility index (Phi) is 7.24. The largest absolute Gasteiger partial charge is 0.450 e. The number of anilines is 1. The molecule has 36 heavy (non-hydrogen) atoms. The van der Waals surface area contributed by atoms with Crippen LogP contribution in [0.15, 0.2) is 43.9 Å². The van der Waals surface area contributed by atoms with Crippen molar-refractivity contribution in [3.05, 3.63) is 41.4 Å². The van der Waals surface area contributed by atoms with E-state index >= 15 is 0 Å². The van der Waals surface area contributed by atoms with Gasteiger partial charge < -0.3 is 30.6 Å². The predicted molar refractivity (Wildman–Crippen MR) is 123 cm³/mol. The van der Waals surface area contributed by atoms with E-state index in [0.717, 1.165) is 6.20 Å². The zero-order chi connectivity index (χ0) is 25.9. The van der Waals surface area contributed by atoms with Crippen molar-refractivity contribution < 1.29 is 31.3 Å². The molecule has 1 saturated heterocycles. The molecule has 1 aliphatic rings. The van der Waals surface area contributed by atoms with Crippen molar-refractivity contribution in [3.63, 3.8) is 0 Å². The molecular formula is C22H23F4N7O3. The van der Waals surface area contributed by atoms with Crippen molar-refractivity contribution in [2.45, 2.75) is 31.4 Å². The van der Waals surface area contributed by atoms with E-state index in [1.807, 2.05) is 0 Å². The molecule has 2 atom stereocenters. The van der Waals surface area contributed by atoms with Crippen molar-refractivity contribution >= 4 is 28.8 Å². The summed E-state index contributed by atoms with van der Waals surface area (Å²) >= 11 is 0. The van der Waals surface area contributed by atoms with Gasteiger partial charge in [-0.3, -0.25) is 9.79 Å². The quantitative estimate of drug-likeness (QED) is 0.206. The average molecular weight is 509 g/mol. The smallest absolute Gasteiger partial charge is 0.393 e. The van der Waals surface area contributed by atoms with Crippen LogP contribution >= 0.6 is 0 Å². The molecule has 0 bridgehead atoms. The lowest BCUT2D eigenvalue weighted by Gasteiger charge is -2.15. The van der Waals surface area contributed by atoms with E-state index in [4.69, 9.17) is 14.7 Å². The highest BCUT2D eigenvalue weighted by atomic mass is 19.4. The normalized spacial score (nSPS) is 18.9. The number of carbonyl (C=O) groups excluding carboxylic acids is 1. The number of para-hydroxylation sites is 1. The molecule has 3 aromatic rings. The highest BCUT2D eigenvalue weighted by molar-refractivity contribution is 6.11. The third kappa shape index (κ3) is 5.48. The predicted octanol–water partition coefficient (Wildman–Crippen LogP) is 2.47. The first kappa shape index (κ1) is 25.2. The number of furan rings is 1. The summed E-state index contributed by atoms with van der Waals surface area (Å²) in [5.41, 5.74) is 5.74. The van der Waals surface area contributed by atoms with Crippen molar-refractivity contribution in [2.75, 3.05) is 25.5 Å². The van der Waals surface area contributed by atoms with Crippen molar-refractivity contribution in [1.29, 1.82) is 0 Å². The molecule has 0 aliphatic carbocycles. The minimum absolute atomic E-state index is 0.0720. The number of benzene rings is 1. The van der Waals surface area contributed by atoms with Gasteiger partial charge in [0.1, 0.15) is 6.17 Å². The summed E-state index contributed by atoms with van der Waals surface area (Å²) in [5, 5.41) is 12.3. The van der Waals surface area contributed by atoms with Crippen LogP contribution in [0.1, 0.15) is 11.5 Å². The molecule has 4 rings (SSSR count). The molecule has 10 nitrogen and oxygen atoms in total. The van der Waals surface area contributed by atoms with E-state index in [9.17, 15) is 22.4 Å². The molecule has 2 unspecified atom stereocenters. The van der Waals surface area contributed by atoms with Gasteiger partial charge in [-0.25, -0.2) is 4.39 Å². The average Bonchev–Trinajstić information content (AvgIpc) is 3.55. The number of hydrogen-bond acceptors (Lipinski definition) is 9. The molecule has 14 heteroatoms. The Morgan fingerprint density at radius 2 is 2.17 bits per heavy atom. The van der Waals surface area contributed by atoms with Crippen LogP contribution in [-0.2, 0) is 17.8 Å². The van der Waals surface area contributed by atoms with Crippen molar-refractivity contribution in [3.8, 4) is 11.6 Å². The number of halogens is 4. The SMILES string of the molecule is CN=C/C(=C\N)C(=O)NCc1nc(-c2oc3c(NC4CNCC4F)cccc3c2CC(F)(F)F)no1. The highest BCUT2D eigenvalue weighted by Crippen LogP contribution is 2.39. The van der Waals surface area contributed by atoms with Gasteiger partial charge in [0, 0.05) is 43.5 Å². The van der Waals surface area contributed by atoms with Gasteiger partial charge in [-0.05, 0) is 6.07 Å². The topological polar surface area (TPSA) is 144 Å². The molecule has 192 valence electrons. The van der Waals surface area contributed by atoms with Crippen LogP contribution in [0.4, 0.5) is 23.2 Å². The molecule has 0 radical (unpaired) electrons. The second kappa shape index (κ2) is 10.4. The molecule has 1 fully saturated rings. The van der Waals surface area contributed by atoms with E-state index < -0.39 is 30.7 Å². The molecule has 3 heterocycles. The number of fused-ring (bicyclic) bond motifs is 1. The van der Waals surface area contributed by atoms with Crippen LogP contribution in [0.2, 0.25) is 0 Å². The zero-order valence-electron chi connectivity index (χ0n) is 19.0. The van der Waals surface area contributed by atoms with Gasteiger partial charge in [0.05, 0.1) is 30.3 Å². The Morgan fingerprint density at radius 3 is 2.83 bits per heavy atom. The summed E-state index contributed by atoms with van der Waals surface area (Å²) in [7, 11) is 1.47. The maximum absolute atomic E-state index is 14.1. The molecule has 0 saturated carbocycles. The Hall–Kier alpha value is -3.94. The number of rotatable bonds is 8. The van der Waals surface area contributed by atoms with Crippen LogP contribution in [0.3, 0.4) is 0 Å². The monoisotopic (exact) mass is 509 g/mol. The van der Waals surface area contributed by atoms with Gasteiger partial charge in [0.15, 0.2) is 11.3 Å². The fraction of sp³-hybridized carbons (Fsp3) is 0.364. The van der Waals surface area contributed by atoms with Gasteiger partial charge in [-0.15, -0.1) is 0 Å². The Morgan fingerprint density at radius 1 is 1.36 bits per heavy atom. The first-order chi connectivity index (χ1) is 17.2. The summed E-state index contributed by atoms with van der Waals surface area (Å²) < 4.78 is 65.4. The number of aliphatic imine (C=N–C) groups is 1. The number of carbonyl (C=O) groups is 1. The van der Waals surface area contributed by atoms with Crippen molar-refractivity contribution in [2.24, 2.45) is 10.7 Å². The van der Waals surface area contributed by atoms with E-state index in [2.05, 4.69) is 31.1 Å². The molecule has 1 aliphatic heterocycles. The van der Waals surface area contributed by atoms with Crippen molar-refractivity contribution in [1.82, 2.24) is 20.8 Å². The number of aromatic nitrogens is 2. The van der Waals surface area contributed by atoms with Crippen LogP contribution < -0.4 is 21.7 Å². The molecule has 0 spiro atoms. The van der Waals surface area contributed by atoms with Gasteiger partial charge in [-0.2, -0.15) is 18.2 Å². The van der Waals surface area contributed by atoms with Gasteiger partial charge in [0.25, 0.3) is 5.91 Å². The zero-order valence-corrected chi connectivity index (χ0v) is 19.0. The Labute approximate surface area is 202 Å². The first-order valence-electron chi connectivity index (χ1n) is 10.9. The Balaban J connectivity index is 1.65. The lowest BCUT2D eigenvalue weighted by atomic mass is 10.1. The minimum atomic E-state index is -4.55.